The van der Waals surface area contributed by atoms with Crippen molar-refractivity contribution < 1.29 is 17.9 Å². The molecule has 0 radical (unpaired) electrons. The van der Waals surface area contributed by atoms with Crippen LogP contribution in [-0.2, 0) is 16.6 Å². The summed E-state index contributed by atoms with van der Waals surface area (Å²) in [5.41, 5.74) is 0.399. The summed E-state index contributed by atoms with van der Waals surface area (Å²) in [4.78, 5) is 0. The monoisotopic (exact) mass is 276 g/mol. The van der Waals surface area contributed by atoms with Gasteiger partial charge in [-0.3, -0.25) is 0 Å². The molecule has 0 heterocycles. The Labute approximate surface area is 106 Å². The van der Waals surface area contributed by atoms with Crippen LogP contribution in [0.5, 0.6) is 5.75 Å². The van der Waals surface area contributed by atoms with Crippen molar-refractivity contribution in [3.63, 3.8) is 0 Å². The molecule has 102 valence electrons. The molecule has 1 aromatic carbocycles. The van der Waals surface area contributed by atoms with Crippen molar-refractivity contribution in [2.24, 2.45) is 0 Å². The molecular weight excluding hydrogens is 259 g/mol. The van der Waals surface area contributed by atoms with E-state index in [4.69, 9.17) is 0 Å². The molecule has 0 fully saturated rings. The molecule has 18 heavy (non-hydrogen) atoms. The minimum atomic E-state index is -3.25. The first-order chi connectivity index (χ1) is 8.46. The van der Waals surface area contributed by atoms with Crippen LogP contribution in [0.25, 0.3) is 0 Å². The van der Waals surface area contributed by atoms with Gasteiger partial charge in [0.25, 0.3) is 0 Å². The Morgan fingerprint density at radius 2 is 2.11 bits per heavy atom. The van der Waals surface area contributed by atoms with Crippen LogP contribution in [0, 0.1) is 5.82 Å². The maximum Gasteiger partial charge on any atom is 0.212 e. The van der Waals surface area contributed by atoms with Crippen LogP contribution >= 0.6 is 0 Å². The van der Waals surface area contributed by atoms with Gasteiger partial charge in [-0.05, 0) is 6.07 Å². The Morgan fingerprint density at radius 1 is 1.39 bits per heavy atom. The number of hydrogen-bond donors (Lipinski definition) is 3. The van der Waals surface area contributed by atoms with Gasteiger partial charge in [-0.2, -0.15) is 0 Å². The van der Waals surface area contributed by atoms with Crippen molar-refractivity contribution in [2.75, 3.05) is 18.8 Å². The topological polar surface area (TPSA) is 78.4 Å². The fourth-order valence-electron chi connectivity index (χ4n) is 1.42. The average Bonchev–Trinajstić information content (AvgIpc) is 2.29. The molecule has 3 N–H and O–H groups in total. The van der Waals surface area contributed by atoms with Crippen LogP contribution in [0.3, 0.4) is 0 Å². The molecule has 1 aromatic rings. The quantitative estimate of drug-likeness (QED) is 0.636. The van der Waals surface area contributed by atoms with Crippen LogP contribution in [0.1, 0.15) is 12.5 Å². The number of nitrogens with one attached hydrogen (secondary N) is 2. The predicted molar refractivity (Wildman–Crippen MR) is 67.2 cm³/mol. The third kappa shape index (κ3) is 4.59. The molecule has 0 atom stereocenters. The molecule has 1 rings (SSSR count). The Morgan fingerprint density at radius 3 is 2.78 bits per heavy atom. The number of aromatic hydroxyl groups is 1. The van der Waals surface area contributed by atoms with Crippen molar-refractivity contribution >= 4 is 10.0 Å². The standard InChI is InChI=1S/C11H17FN2O3S/c1-2-14-18(16,17)7-6-13-8-9-4-3-5-10(12)11(9)15/h3-5,13-15H,2,6-8H2,1H3. The molecule has 0 saturated heterocycles. The highest BCUT2D eigenvalue weighted by Gasteiger charge is 2.09. The van der Waals surface area contributed by atoms with Crippen LogP contribution < -0.4 is 10.0 Å². The van der Waals surface area contributed by atoms with E-state index in [1.807, 2.05) is 0 Å². The van der Waals surface area contributed by atoms with Crippen molar-refractivity contribution in [1.82, 2.24) is 10.0 Å². The van der Waals surface area contributed by atoms with Gasteiger partial charge in [0.1, 0.15) is 0 Å². The molecule has 0 saturated carbocycles. The Bertz CT molecular complexity index is 491. The lowest BCUT2D eigenvalue weighted by Gasteiger charge is -2.08. The largest absolute Gasteiger partial charge is 0.505 e. The first-order valence-electron chi connectivity index (χ1n) is 5.60. The fraction of sp³-hybridized carbons (Fsp3) is 0.455. The van der Waals surface area contributed by atoms with Crippen molar-refractivity contribution in [3.05, 3.63) is 29.6 Å². The van der Waals surface area contributed by atoms with E-state index < -0.39 is 21.6 Å². The summed E-state index contributed by atoms with van der Waals surface area (Å²) in [5.74, 6) is -1.15. The van der Waals surface area contributed by atoms with E-state index >= 15 is 0 Å². The highest BCUT2D eigenvalue weighted by molar-refractivity contribution is 7.89. The van der Waals surface area contributed by atoms with Crippen LogP contribution in [-0.4, -0.2) is 32.4 Å². The third-order valence-electron chi connectivity index (χ3n) is 2.30. The van der Waals surface area contributed by atoms with Gasteiger partial charge in [-0.15, -0.1) is 0 Å². The number of rotatable bonds is 7. The van der Waals surface area contributed by atoms with Crippen LogP contribution in [0.2, 0.25) is 0 Å². The highest BCUT2D eigenvalue weighted by atomic mass is 32.2. The van der Waals surface area contributed by atoms with Gasteiger partial charge in [0.2, 0.25) is 10.0 Å². The molecule has 0 aromatic heterocycles. The summed E-state index contributed by atoms with van der Waals surface area (Å²) in [6.07, 6.45) is 0. The Kier molecular flexibility index (Phi) is 5.52. The van der Waals surface area contributed by atoms with E-state index in [0.717, 1.165) is 6.07 Å². The predicted octanol–water partition coefficient (Wildman–Crippen LogP) is 0.560. The minimum absolute atomic E-state index is 0.0586. The fourth-order valence-corrected chi connectivity index (χ4v) is 2.42. The summed E-state index contributed by atoms with van der Waals surface area (Å²) < 4.78 is 38.0. The maximum absolute atomic E-state index is 13.0. The van der Waals surface area contributed by atoms with Crippen LogP contribution in [0.4, 0.5) is 4.39 Å². The summed E-state index contributed by atoms with van der Waals surface area (Å²) in [7, 11) is -3.25. The number of halogens is 1. The second-order valence-electron chi connectivity index (χ2n) is 3.74. The van der Waals surface area contributed by atoms with Crippen molar-refractivity contribution in [1.29, 1.82) is 0 Å². The summed E-state index contributed by atoms with van der Waals surface area (Å²) in [6.45, 7) is 2.50. The summed E-state index contributed by atoms with van der Waals surface area (Å²) in [6, 6.07) is 4.22. The zero-order chi connectivity index (χ0) is 13.6. The molecular formula is C11H17FN2O3S. The maximum atomic E-state index is 13.0. The smallest absolute Gasteiger partial charge is 0.212 e. The van der Waals surface area contributed by atoms with Gasteiger partial charge in [0.15, 0.2) is 11.6 Å². The van der Waals surface area contributed by atoms with E-state index in [9.17, 15) is 17.9 Å². The summed E-state index contributed by atoms with van der Waals surface area (Å²) in [5, 5.41) is 12.2. The number of benzene rings is 1. The molecule has 0 unspecified atom stereocenters. The van der Waals surface area contributed by atoms with Crippen molar-refractivity contribution in [2.45, 2.75) is 13.5 Å². The number of phenolic OH excluding ortho intramolecular Hbond substituents is 1. The number of phenols is 1. The van der Waals surface area contributed by atoms with Gasteiger partial charge in [0.05, 0.1) is 5.75 Å². The van der Waals surface area contributed by atoms with E-state index in [0.29, 0.717) is 12.1 Å². The Hall–Kier alpha value is -1.18. The average molecular weight is 276 g/mol. The van der Waals surface area contributed by atoms with E-state index in [1.165, 1.54) is 6.07 Å². The molecule has 0 aliphatic carbocycles. The molecule has 0 bridgehead atoms. The molecule has 0 aliphatic rings. The van der Waals surface area contributed by atoms with Gasteiger partial charge in [-0.1, -0.05) is 19.1 Å². The molecule has 0 amide bonds. The normalized spacial score (nSPS) is 11.7. The third-order valence-corrected chi connectivity index (χ3v) is 3.77. The SMILES string of the molecule is CCNS(=O)(=O)CCNCc1cccc(F)c1O. The zero-order valence-corrected chi connectivity index (χ0v) is 10.9. The first kappa shape index (κ1) is 14.9. The molecule has 0 spiro atoms. The number of hydrogen-bond acceptors (Lipinski definition) is 4. The van der Waals surface area contributed by atoms with Crippen LogP contribution in [0.15, 0.2) is 18.2 Å². The highest BCUT2D eigenvalue weighted by Crippen LogP contribution is 2.19. The van der Waals surface area contributed by atoms with E-state index in [1.54, 1.807) is 13.0 Å². The van der Waals surface area contributed by atoms with Gasteiger partial charge in [0, 0.05) is 25.2 Å². The zero-order valence-electron chi connectivity index (χ0n) is 10.1. The molecule has 5 nitrogen and oxygen atoms in total. The lowest BCUT2D eigenvalue weighted by atomic mass is 10.2. The molecule has 0 aliphatic heterocycles. The van der Waals surface area contributed by atoms with Gasteiger partial charge < -0.3 is 10.4 Å². The summed E-state index contributed by atoms with van der Waals surface area (Å²) >= 11 is 0. The van der Waals surface area contributed by atoms with Gasteiger partial charge >= 0.3 is 0 Å². The van der Waals surface area contributed by atoms with Crippen molar-refractivity contribution in [3.8, 4) is 5.75 Å². The first-order valence-corrected chi connectivity index (χ1v) is 7.26. The number of sulfonamides is 1. The second kappa shape index (κ2) is 6.67. The second-order valence-corrected chi connectivity index (χ2v) is 5.67. The minimum Gasteiger partial charge on any atom is -0.505 e. The lowest BCUT2D eigenvalue weighted by Crippen LogP contribution is -2.31. The number of para-hydroxylation sites is 1. The Balaban J connectivity index is 2.41. The van der Waals surface area contributed by atoms with E-state index in [2.05, 4.69) is 10.0 Å². The van der Waals surface area contributed by atoms with Gasteiger partial charge in [-0.25, -0.2) is 17.5 Å². The lowest BCUT2D eigenvalue weighted by molar-refractivity contribution is 0.423. The molecule has 7 heteroatoms. The van der Waals surface area contributed by atoms with E-state index in [-0.39, 0.29) is 18.8 Å².